The number of esters is 1. The molecule has 8 nitrogen and oxygen atoms in total. The van der Waals surface area contributed by atoms with Crippen LogP contribution in [-0.4, -0.2) is 39.3 Å². The zero-order chi connectivity index (χ0) is 19.4. The molecule has 2 aromatic heterocycles. The Hall–Kier alpha value is -2.68. The Labute approximate surface area is 160 Å². The number of fused-ring (bicyclic) bond motifs is 1. The molecule has 0 atom stereocenters. The van der Waals surface area contributed by atoms with Gasteiger partial charge >= 0.3 is 11.9 Å². The van der Waals surface area contributed by atoms with Crippen molar-refractivity contribution in [3.63, 3.8) is 0 Å². The number of aryl methyl sites for hydroxylation is 2. The molecule has 2 aromatic rings. The number of amides is 1. The van der Waals surface area contributed by atoms with Crippen molar-refractivity contribution >= 4 is 34.2 Å². The molecule has 0 aromatic carbocycles. The number of nitrogens with zero attached hydrogens (tertiary/aromatic N) is 2. The molecule has 0 fully saturated rings. The maximum Gasteiger partial charge on any atom is 0.354 e. The zero-order valence-electron chi connectivity index (χ0n) is 15.0. The second kappa shape index (κ2) is 8.34. The highest BCUT2D eigenvalue weighted by molar-refractivity contribution is 7.17. The number of carboxylic acids is 1. The molecule has 0 radical (unpaired) electrons. The van der Waals surface area contributed by atoms with E-state index < -0.39 is 11.9 Å². The fourth-order valence-corrected chi connectivity index (χ4v) is 4.46. The van der Waals surface area contributed by atoms with Crippen LogP contribution in [0.3, 0.4) is 0 Å². The molecule has 1 amide bonds. The molecular formula is C18H21N3O5S. The van der Waals surface area contributed by atoms with Crippen LogP contribution in [-0.2, 0) is 28.9 Å². The maximum absolute atomic E-state index is 12.4. The third kappa shape index (κ3) is 4.19. The van der Waals surface area contributed by atoms with Gasteiger partial charge in [-0.05, 0) is 44.2 Å². The van der Waals surface area contributed by atoms with Crippen LogP contribution >= 0.6 is 11.3 Å². The van der Waals surface area contributed by atoms with E-state index in [-0.39, 0.29) is 31.2 Å². The fraction of sp³-hybridized carbons (Fsp3) is 0.444. The number of aromatic nitrogens is 2. The Morgan fingerprint density at radius 3 is 2.85 bits per heavy atom. The summed E-state index contributed by atoms with van der Waals surface area (Å²) in [5.41, 5.74) is 1.48. The van der Waals surface area contributed by atoms with Gasteiger partial charge in [0.25, 0.3) is 0 Å². The highest BCUT2D eigenvalue weighted by Gasteiger charge is 2.27. The minimum absolute atomic E-state index is 0.0293. The number of aromatic carboxylic acids is 1. The second-order valence-corrected chi connectivity index (χ2v) is 7.28. The monoisotopic (exact) mass is 391 g/mol. The predicted molar refractivity (Wildman–Crippen MR) is 99.4 cm³/mol. The van der Waals surface area contributed by atoms with Crippen LogP contribution in [0, 0.1) is 0 Å². The van der Waals surface area contributed by atoms with Crippen molar-refractivity contribution in [2.45, 2.75) is 45.6 Å². The van der Waals surface area contributed by atoms with Crippen molar-refractivity contribution in [3.8, 4) is 0 Å². The molecule has 0 unspecified atom stereocenters. The Morgan fingerprint density at radius 2 is 2.11 bits per heavy atom. The van der Waals surface area contributed by atoms with E-state index in [1.54, 1.807) is 6.92 Å². The first kappa shape index (κ1) is 19.1. The van der Waals surface area contributed by atoms with Gasteiger partial charge in [-0.15, -0.1) is 11.3 Å². The smallest absolute Gasteiger partial charge is 0.354 e. The Kier molecular flexibility index (Phi) is 5.90. The van der Waals surface area contributed by atoms with Gasteiger partial charge in [0.15, 0.2) is 0 Å². The minimum atomic E-state index is -1.09. The van der Waals surface area contributed by atoms with Gasteiger partial charge in [-0.2, -0.15) is 5.10 Å². The molecular weight excluding hydrogens is 370 g/mol. The lowest BCUT2D eigenvalue weighted by Gasteiger charge is -2.12. The zero-order valence-corrected chi connectivity index (χ0v) is 15.8. The summed E-state index contributed by atoms with van der Waals surface area (Å²) >= 11 is 1.43. The van der Waals surface area contributed by atoms with Gasteiger partial charge in [0.2, 0.25) is 5.91 Å². The number of anilines is 1. The lowest BCUT2D eigenvalue weighted by molar-refractivity contribution is -0.116. The SMILES string of the molecule is CCOC(=O)c1c(NC(=O)CCn2nccc2C(=O)O)sc2c1CCCC2. The predicted octanol–water partition coefficient (Wildman–Crippen LogP) is 2.73. The summed E-state index contributed by atoms with van der Waals surface area (Å²) in [4.78, 5) is 37.0. The summed E-state index contributed by atoms with van der Waals surface area (Å²) in [5, 5.41) is 16.3. The van der Waals surface area contributed by atoms with Crippen molar-refractivity contribution in [2.24, 2.45) is 0 Å². The van der Waals surface area contributed by atoms with E-state index in [1.807, 2.05) is 0 Å². The van der Waals surface area contributed by atoms with E-state index in [2.05, 4.69) is 10.4 Å². The highest BCUT2D eigenvalue weighted by Crippen LogP contribution is 2.38. The van der Waals surface area contributed by atoms with Crippen LogP contribution in [0.5, 0.6) is 0 Å². The quantitative estimate of drug-likeness (QED) is 0.702. The lowest BCUT2D eigenvalue weighted by Crippen LogP contribution is -2.18. The molecule has 2 N–H and O–H groups in total. The number of ether oxygens (including phenoxy) is 1. The molecule has 0 spiro atoms. The van der Waals surface area contributed by atoms with Gasteiger partial charge in [0, 0.05) is 17.5 Å². The average Bonchev–Trinajstić information content (AvgIpc) is 3.24. The molecule has 0 saturated heterocycles. The third-order valence-corrected chi connectivity index (χ3v) is 5.60. The normalized spacial score (nSPS) is 13.1. The summed E-state index contributed by atoms with van der Waals surface area (Å²) in [6, 6.07) is 1.38. The van der Waals surface area contributed by atoms with Crippen molar-refractivity contribution in [1.29, 1.82) is 0 Å². The minimum Gasteiger partial charge on any atom is -0.477 e. The van der Waals surface area contributed by atoms with E-state index >= 15 is 0 Å². The van der Waals surface area contributed by atoms with Crippen LogP contribution < -0.4 is 5.32 Å². The fourth-order valence-electron chi connectivity index (χ4n) is 3.16. The van der Waals surface area contributed by atoms with Crippen LogP contribution in [0.2, 0.25) is 0 Å². The standard InChI is InChI=1S/C18H21N3O5S/c1-2-26-18(25)15-11-5-3-4-6-13(11)27-16(15)20-14(22)8-10-21-12(17(23)24)7-9-19-21/h7,9H,2-6,8,10H2,1H3,(H,20,22)(H,23,24). The van der Waals surface area contributed by atoms with E-state index in [0.717, 1.165) is 36.1 Å². The third-order valence-electron chi connectivity index (χ3n) is 4.39. The number of rotatable bonds is 7. The highest BCUT2D eigenvalue weighted by atomic mass is 32.1. The first-order valence-electron chi connectivity index (χ1n) is 8.87. The Balaban J connectivity index is 1.73. The topological polar surface area (TPSA) is 111 Å². The number of carbonyl (C=O) groups is 3. The van der Waals surface area contributed by atoms with Gasteiger partial charge in [-0.25, -0.2) is 9.59 Å². The molecule has 0 aliphatic heterocycles. The average molecular weight is 391 g/mol. The second-order valence-electron chi connectivity index (χ2n) is 6.18. The molecule has 3 rings (SSSR count). The molecule has 0 bridgehead atoms. The molecule has 144 valence electrons. The molecule has 2 heterocycles. The van der Waals surface area contributed by atoms with E-state index in [0.29, 0.717) is 10.6 Å². The summed E-state index contributed by atoms with van der Waals surface area (Å²) in [6.45, 7) is 2.16. The van der Waals surface area contributed by atoms with Crippen LogP contribution in [0.1, 0.15) is 57.5 Å². The Morgan fingerprint density at radius 1 is 1.33 bits per heavy atom. The van der Waals surface area contributed by atoms with E-state index in [4.69, 9.17) is 9.84 Å². The molecule has 9 heteroatoms. The molecule has 0 saturated carbocycles. The van der Waals surface area contributed by atoms with Gasteiger partial charge in [-0.1, -0.05) is 0 Å². The van der Waals surface area contributed by atoms with E-state index in [1.165, 1.54) is 28.3 Å². The molecule has 1 aliphatic rings. The number of thiophene rings is 1. The molecule has 27 heavy (non-hydrogen) atoms. The van der Waals surface area contributed by atoms with Gasteiger partial charge in [0.1, 0.15) is 10.7 Å². The van der Waals surface area contributed by atoms with Crippen LogP contribution in [0.15, 0.2) is 12.3 Å². The van der Waals surface area contributed by atoms with Crippen molar-refractivity contribution in [2.75, 3.05) is 11.9 Å². The van der Waals surface area contributed by atoms with Crippen LogP contribution in [0.25, 0.3) is 0 Å². The van der Waals surface area contributed by atoms with Crippen molar-refractivity contribution < 1.29 is 24.2 Å². The van der Waals surface area contributed by atoms with Gasteiger partial charge in [0.05, 0.1) is 18.7 Å². The van der Waals surface area contributed by atoms with Gasteiger partial charge < -0.3 is 15.2 Å². The number of carboxylic acid groups (broad SMARTS) is 1. The number of carbonyl (C=O) groups excluding carboxylic acids is 2. The number of hydrogen-bond donors (Lipinski definition) is 2. The summed E-state index contributed by atoms with van der Waals surface area (Å²) in [5.74, 6) is -1.80. The largest absolute Gasteiger partial charge is 0.477 e. The first-order valence-corrected chi connectivity index (χ1v) is 9.69. The van der Waals surface area contributed by atoms with E-state index in [9.17, 15) is 14.4 Å². The first-order chi connectivity index (χ1) is 13.0. The maximum atomic E-state index is 12.4. The number of nitrogens with one attached hydrogen (secondary N) is 1. The number of hydrogen-bond acceptors (Lipinski definition) is 6. The Bertz CT molecular complexity index is 870. The van der Waals surface area contributed by atoms with Gasteiger partial charge in [-0.3, -0.25) is 9.48 Å². The summed E-state index contributed by atoms with van der Waals surface area (Å²) < 4.78 is 6.44. The van der Waals surface area contributed by atoms with Crippen molar-refractivity contribution in [1.82, 2.24) is 9.78 Å². The lowest BCUT2D eigenvalue weighted by atomic mass is 9.95. The van der Waals surface area contributed by atoms with Crippen LogP contribution in [0.4, 0.5) is 5.00 Å². The molecule has 1 aliphatic carbocycles. The summed E-state index contributed by atoms with van der Waals surface area (Å²) in [6.07, 6.45) is 5.23. The van der Waals surface area contributed by atoms with Crippen molar-refractivity contribution in [3.05, 3.63) is 34.0 Å². The summed E-state index contributed by atoms with van der Waals surface area (Å²) in [7, 11) is 0.